The minimum Gasteiger partial charge on any atom is -0.343 e. The number of halogens is 2. The fourth-order valence-corrected chi connectivity index (χ4v) is 2.49. The van der Waals surface area contributed by atoms with Gasteiger partial charge >= 0.3 is 0 Å². The third-order valence-corrected chi connectivity index (χ3v) is 4.00. The van der Waals surface area contributed by atoms with Gasteiger partial charge in [0.25, 0.3) is 17.5 Å². The molecule has 0 bridgehead atoms. The third kappa shape index (κ3) is 5.77. The van der Waals surface area contributed by atoms with Crippen LogP contribution in [0.1, 0.15) is 21.5 Å². The molecule has 0 unspecified atom stereocenters. The summed E-state index contributed by atoms with van der Waals surface area (Å²) < 4.78 is 0. The molecule has 0 aliphatic carbocycles. The number of hydrogen-bond donors (Lipinski definition) is 2. The Morgan fingerprint density at radius 1 is 1.22 bits per heavy atom. The summed E-state index contributed by atoms with van der Waals surface area (Å²) in [6.07, 6.45) is 1.34. The zero-order valence-corrected chi connectivity index (χ0v) is 15.5. The highest BCUT2D eigenvalue weighted by molar-refractivity contribution is 6.36. The van der Waals surface area contributed by atoms with Gasteiger partial charge < -0.3 is 5.32 Å². The molecule has 2 rings (SSSR count). The molecule has 0 saturated heterocycles. The second kappa shape index (κ2) is 9.11. The average molecular weight is 409 g/mol. The Morgan fingerprint density at radius 3 is 2.63 bits per heavy atom. The van der Waals surface area contributed by atoms with E-state index in [9.17, 15) is 19.7 Å². The van der Waals surface area contributed by atoms with E-state index in [4.69, 9.17) is 23.2 Å². The van der Waals surface area contributed by atoms with Crippen LogP contribution in [0.4, 0.5) is 5.69 Å². The molecule has 0 saturated carbocycles. The second-order valence-corrected chi connectivity index (χ2v) is 6.24. The van der Waals surface area contributed by atoms with Crippen LogP contribution >= 0.6 is 23.2 Å². The quantitative estimate of drug-likeness (QED) is 0.434. The number of aryl methyl sites for hydroxylation is 1. The molecule has 0 radical (unpaired) electrons. The van der Waals surface area contributed by atoms with Gasteiger partial charge in [-0.05, 0) is 25.1 Å². The third-order valence-electron chi connectivity index (χ3n) is 3.43. The van der Waals surface area contributed by atoms with Gasteiger partial charge in [-0.2, -0.15) is 5.10 Å². The molecule has 0 atom stereocenters. The van der Waals surface area contributed by atoms with E-state index >= 15 is 0 Å². The Hall–Kier alpha value is -2.97. The molecule has 2 N–H and O–H groups in total. The van der Waals surface area contributed by atoms with Crippen molar-refractivity contribution < 1.29 is 14.5 Å². The Morgan fingerprint density at radius 2 is 1.96 bits per heavy atom. The number of nitro groups is 1. The number of nitrogens with zero attached hydrogens (tertiary/aromatic N) is 2. The van der Waals surface area contributed by atoms with Gasteiger partial charge in [0, 0.05) is 27.8 Å². The maximum Gasteiger partial charge on any atom is 0.273 e. The molecule has 0 heterocycles. The number of hydrazone groups is 1. The zero-order chi connectivity index (χ0) is 20.0. The largest absolute Gasteiger partial charge is 0.343 e. The molecule has 0 aromatic heterocycles. The van der Waals surface area contributed by atoms with E-state index in [1.807, 2.05) is 0 Å². The molecule has 140 valence electrons. The van der Waals surface area contributed by atoms with Gasteiger partial charge in [-0.1, -0.05) is 35.3 Å². The number of amides is 2. The van der Waals surface area contributed by atoms with Crippen LogP contribution in [0.25, 0.3) is 0 Å². The van der Waals surface area contributed by atoms with E-state index in [1.165, 1.54) is 24.4 Å². The second-order valence-electron chi connectivity index (χ2n) is 5.40. The highest BCUT2D eigenvalue weighted by atomic mass is 35.5. The maximum absolute atomic E-state index is 12.0. The smallest absolute Gasteiger partial charge is 0.273 e. The summed E-state index contributed by atoms with van der Waals surface area (Å²) in [6, 6.07) is 8.85. The molecule has 10 heteroatoms. The van der Waals surface area contributed by atoms with Gasteiger partial charge in [-0.3, -0.25) is 19.7 Å². The highest BCUT2D eigenvalue weighted by Gasteiger charge is 2.15. The van der Waals surface area contributed by atoms with Crippen LogP contribution < -0.4 is 10.7 Å². The molecule has 2 amide bonds. The molecule has 0 aliphatic heterocycles. The lowest BCUT2D eigenvalue weighted by molar-refractivity contribution is -0.385. The van der Waals surface area contributed by atoms with E-state index in [2.05, 4.69) is 15.8 Å². The summed E-state index contributed by atoms with van der Waals surface area (Å²) in [5.41, 5.74) is 3.13. The van der Waals surface area contributed by atoms with Gasteiger partial charge in [0.15, 0.2) is 0 Å². The van der Waals surface area contributed by atoms with Crippen molar-refractivity contribution in [2.24, 2.45) is 5.10 Å². The molecule has 2 aromatic rings. The van der Waals surface area contributed by atoms with Gasteiger partial charge in [0.05, 0.1) is 22.7 Å². The highest BCUT2D eigenvalue weighted by Crippen LogP contribution is 2.20. The van der Waals surface area contributed by atoms with Crippen molar-refractivity contribution in [3.05, 3.63) is 73.2 Å². The van der Waals surface area contributed by atoms with Crippen LogP contribution in [0.15, 0.2) is 41.5 Å². The summed E-state index contributed by atoms with van der Waals surface area (Å²) in [7, 11) is 0. The van der Waals surface area contributed by atoms with Gasteiger partial charge in [0.2, 0.25) is 0 Å². The van der Waals surface area contributed by atoms with Crippen molar-refractivity contribution >= 4 is 46.9 Å². The first-order valence-electron chi connectivity index (χ1n) is 7.58. The van der Waals surface area contributed by atoms with Gasteiger partial charge in [0.1, 0.15) is 0 Å². The summed E-state index contributed by atoms with van der Waals surface area (Å²) in [5, 5.41) is 17.9. The fraction of sp³-hybridized carbons (Fsp3) is 0.118. The van der Waals surface area contributed by atoms with Crippen molar-refractivity contribution in [2.45, 2.75) is 6.92 Å². The van der Waals surface area contributed by atoms with Gasteiger partial charge in [-0.15, -0.1) is 0 Å². The van der Waals surface area contributed by atoms with Crippen molar-refractivity contribution in [2.75, 3.05) is 6.54 Å². The Labute approximate surface area is 164 Å². The van der Waals surface area contributed by atoms with Crippen molar-refractivity contribution in [1.29, 1.82) is 0 Å². The molecule has 0 fully saturated rings. The monoisotopic (exact) mass is 408 g/mol. The molecule has 27 heavy (non-hydrogen) atoms. The number of carbonyl (C=O) groups excluding carboxylic acids is 2. The number of carbonyl (C=O) groups is 2. The van der Waals surface area contributed by atoms with Crippen molar-refractivity contribution in [3.63, 3.8) is 0 Å². The standard InChI is InChI=1S/C17H14Cl2N4O4/c1-10-2-3-11(6-15(10)23(26)27)17(25)20-9-16(24)22-21-8-12-4-5-13(18)7-14(12)19/h2-8H,9H2,1H3,(H,20,25)(H,22,24)/b21-8-. The summed E-state index contributed by atoms with van der Waals surface area (Å²) >= 11 is 11.8. The van der Waals surface area contributed by atoms with E-state index < -0.39 is 16.7 Å². The molecular weight excluding hydrogens is 395 g/mol. The molecule has 2 aromatic carbocycles. The van der Waals surface area contributed by atoms with Crippen LogP contribution in [0.2, 0.25) is 10.0 Å². The lowest BCUT2D eigenvalue weighted by Crippen LogP contribution is -2.34. The summed E-state index contributed by atoms with van der Waals surface area (Å²) in [4.78, 5) is 34.1. The Balaban J connectivity index is 1.90. The summed E-state index contributed by atoms with van der Waals surface area (Å²) in [5.74, 6) is -1.19. The molecule has 0 aliphatic rings. The van der Waals surface area contributed by atoms with Crippen molar-refractivity contribution in [3.8, 4) is 0 Å². The minimum atomic E-state index is -0.613. The lowest BCUT2D eigenvalue weighted by atomic mass is 10.1. The Kier molecular flexibility index (Phi) is 6.86. The van der Waals surface area contributed by atoms with E-state index in [0.29, 0.717) is 21.2 Å². The van der Waals surface area contributed by atoms with Gasteiger partial charge in [-0.25, -0.2) is 5.43 Å². The topological polar surface area (TPSA) is 114 Å². The van der Waals surface area contributed by atoms with E-state index in [0.717, 1.165) is 6.07 Å². The van der Waals surface area contributed by atoms with Crippen LogP contribution in [-0.2, 0) is 4.79 Å². The minimum absolute atomic E-state index is 0.0801. The lowest BCUT2D eigenvalue weighted by Gasteiger charge is -2.05. The van der Waals surface area contributed by atoms with Crippen LogP contribution in [-0.4, -0.2) is 29.5 Å². The number of rotatable bonds is 6. The number of nitrogens with one attached hydrogen (secondary N) is 2. The van der Waals surface area contributed by atoms with E-state index in [-0.39, 0.29) is 17.8 Å². The summed E-state index contributed by atoms with van der Waals surface area (Å²) in [6.45, 7) is 1.21. The first-order valence-corrected chi connectivity index (χ1v) is 8.33. The Bertz CT molecular complexity index is 931. The van der Waals surface area contributed by atoms with Crippen molar-refractivity contribution in [1.82, 2.24) is 10.7 Å². The zero-order valence-electron chi connectivity index (χ0n) is 14.0. The predicted octanol–water partition coefficient (Wildman–Crippen LogP) is 3.09. The van der Waals surface area contributed by atoms with Crippen LogP contribution in [0, 0.1) is 17.0 Å². The number of benzene rings is 2. The van der Waals surface area contributed by atoms with Crippen LogP contribution in [0.3, 0.4) is 0 Å². The molecule has 8 nitrogen and oxygen atoms in total. The average Bonchev–Trinajstić information content (AvgIpc) is 2.61. The van der Waals surface area contributed by atoms with E-state index in [1.54, 1.807) is 19.1 Å². The SMILES string of the molecule is Cc1ccc(C(=O)NCC(=O)N/N=C\c2ccc(Cl)cc2Cl)cc1[N+](=O)[O-]. The number of nitro benzene ring substituents is 1. The molecule has 0 spiro atoms. The first-order chi connectivity index (χ1) is 12.8. The maximum atomic E-state index is 12.0. The predicted molar refractivity (Wildman–Crippen MR) is 102 cm³/mol. The first kappa shape index (κ1) is 20.3. The number of hydrogen-bond acceptors (Lipinski definition) is 5. The normalized spacial score (nSPS) is 10.6. The molecular formula is C17H14Cl2N4O4. The fourth-order valence-electron chi connectivity index (χ4n) is 2.03. The van der Waals surface area contributed by atoms with Crippen LogP contribution in [0.5, 0.6) is 0 Å².